The van der Waals surface area contributed by atoms with E-state index in [1.807, 2.05) is 6.20 Å². The molecule has 4 nitrogen and oxygen atoms in total. The van der Waals surface area contributed by atoms with Crippen LogP contribution in [0.4, 0.5) is 5.69 Å². The first-order valence-corrected chi connectivity index (χ1v) is 7.44. The van der Waals surface area contributed by atoms with Crippen LogP contribution in [0.1, 0.15) is 40.3 Å². The van der Waals surface area contributed by atoms with Crippen LogP contribution < -0.4 is 10.2 Å². The second-order valence-corrected chi connectivity index (χ2v) is 6.77. The number of nitrogens with zero attached hydrogens (tertiary/aromatic N) is 2. The number of aromatic nitrogens is 1. The second kappa shape index (κ2) is 6.10. The van der Waals surface area contributed by atoms with Crippen LogP contribution >= 0.6 is 0 Å². The average Bonchev–Trinajstić information content (AvgIpc) is 2.35. The second-order valence-electron chi connectivity index (χ2n) is 6.77. The molecule has 1 aromatic heterocycles. The molecule has 0 spiro atoms. The number of anilines is 1. The van der Waals surface area contributed by atoms with Gasteiger partial charge in [0.1, 0.15) is 0 Å². The minimum atomic E-state index is 0.111. The fraction of sp³-hybridized carbons (Fsp3) is 0.688. The van der Waals surface area contributed by atoms with Crippen LogP contribution in [-0.4, -0.2) is 35.8 Å². The molecule has 1 aliphatic heterocycles. The zero-order chi connectivity index (χ0) is 14.8. The molecule has 0 bridgehead atoms. The van der Waals surface area contributed by atoms with Crippen LogP contribution in [0, 0.1) is 0 Å². The predicted molar refractivity (Wildman–Crippen MR) is 83.1 cm³/mol. The Bertz CT molecular complexity index is 432. The minimum Gasteiger partial charge on any atom is -0.372 e. The molecule has 1 N–H and O–H groups in total. The van der Waals surface area contributed by atoms with Gasteiger partial charge >= 0.3 is 0 Å². The van der Waals surface area contributed by atoms with Crippen LogP contribution in [0.3, 0.4) is 0 Å². The molecular formula is C16H27N3O. The summed E-state index contributed by atoms with van der Waals surface area (Å²) >= 11 is 0. The summed E-state index contributed by atoms with van der Waals surface area (Å²) < 4.78 is 5.79. The molecule has 0 radical (unpaired) electrons. The molecule has 0 aliphatic carbocycles. The minimum absolute atomic E-state index is 0.111. The van der Waals surface area contributed by atoms with Gasteiger partial charge in [-0.1, -0.05) is 0 Å². The fourth-order valence-corrected chi connectivity index (χ4v) is 2.50. The number of ether oxygens (including phenoxy) is 1. The summed E-state index contributed by atoms with van der Waals surface area (Å²) in [7, 11) is 0. The third-order valence-corrected chi connectivity index (χ3v) is 3.38. The monoisotopic (exact) mass is 277 g/mol. The van der Waals surface area contributed by atoms with E-state index in [1.165, 1.54) is 5.69 Å². The van der Waals surface area contributed by atoms with Gasteiger partial charge in [-0.25, -0.2) is 0 Å². The van der Waals surface area contributed by atoms with Crippen molar-refractivity contribution >= 4 is 5.69 Å². The molecule has 2 unspecified atom stereocenters. The van der Waals surface area contributed by atoms with Gasteiger partial charge < -0.3 is 15.0 Å². The standard InChI is InChI=1S/C16H27N3O/c1-12-10-19(11-13(2)20-12)15-6-7-17-14(8-15)9-18-16(3,4)5/h6-8,12-13,18H,9-11H2,1-5H3. The highest BCUT2D eigenvalue weighted by molar-refractivity contribution is 5.47. The first-order chi connectivity index (χ1) is 9.33. The van der Waals surface area contributed by atoms with E-state index in [0.717, 1.165) is 25.3 Å². The van der Waals surface area contributed by atoms with E-state index in [1.54, 1.807) is 0 Å². The van der Waals surface area contributed by atoms with Crippen molar-refractivity contribution in [1.29, 1.82) is 0 Å². The topological polar surface area (TPSA) is 37.4 Å². The van der Waals surface area contributed by atoms with Crippen molar-refractivity contribution in [3.63, 3.8) is 0 Å². The van der Waals surface area contributed by atoms with Gasteiger partial charge in [-0.05, 0) is 46.8 Å². The number of pyridine rings is 1. The SMILES string of the molecule is CC1CN(c2ccnc(CNC(C)(C)C)c2)CC(C)O1. The first kappa shape index (κ1) is 15.3. The Morgan fingerprint density at radius 2 is 1.95 bits per heavy atom. The van der Waals surface area contributed by atoms with E-state index < -0.39 is 0 Å². The number of hydrogen-bond donors (Lipinski definition) is 1. The van der Waals surface area contributed by atoms with Crippen LogP contribution in [0.5, 0.6) is 0 Å². The van der Waals surface area contributed by atoms with Crippen molar-refractivity contribution in [3.8, 4) is 0 Å². The molecule has 0 aromatic carbocycles. The van der Waals surface area contributed by atoms with E-state index in [9.17, 15) is 0 Å². The van der Waals surface area contributed by atoms with Gasteiger partial charge in [0.2, 0.25) is 0 Å². The number of nitrogens with one attached hydrogen (secondary N) is 1. The lowest BCUT2D eigenvalue weighted by Crippen LogP contribution is -2.45. The number of rotatable bonds is 3. The molecule has 1 aromatic rings. The van der Waals surface area contributed by atoms with Gasteiger partial charge in [0.05, 0.1) is 17.9 Å². The van der Waals surface area contributed by atoms with E-state index in [-0.39, 0.29) is 17.7 Å². The Morgan fingerprint density at radius 1 is 1.30 bits per heavy atom. The highest BCUT2D eigenvalue weighted by Crippen LogP contribution is 2.20. The zero-order valence-electron chi connectivity index (χ0n) is 13.3. The quantitative estimate of drug-likeness (QED) is 0.921. The fourth-order valence-electron chi connectivity index (χ4n) is 2.50. The Morgan fingerprint density at radius 3 is 2.55 bits per heavy atom. The molecule has 2 rings (SSSR count). The van der Waals surface area contributed by atoms with Crippen LogP contribution in [0.25, 0.3) is 0 Å². The number of morpholine rings is 1. The summed E-state index contributed by atoms with van der Waals surface area (Å²) in [6.07, 6.45) is 2.46. The lowest BCUT2D eigenvalue weighted by molar-refractivity contribution is -0.00522. The highest BCUT2D eigenvalue weighted by atomic mass is 16.5. The molecule has 1 saturated heterocycles. The zero-order valence-corrected chi connectivity index (χ0v) is 13.3. The van der Waals surface area contributed by atoms with E-state index in [4.69, 9.17) is 4.74 Å². The first-order valence-electron chi connectivity index (χ1n) is 7.44. The van der Waals surface area contributed by atoms with Crippen molar-refractivity contribution in [3.05, 3.63) is 24.0 Å². The van der Waals surface area contributed by atoms with Crippen molar-refractivity contribution in [2.24, 2.45) is 0 Å². The molecule has 20 heavy (non-hydrogen) atoms. The largest absolute Gasteiger partial charge is 0.372 e. The maximum absolute atomic E-state index is 5.79. The Kier molecular flexibility index (Phi) is 4.66. The molecule has 1 aliphatic rings. The smallest absolute Gasteiger partial charge is 0.0726 e. The molecule has 112 valence electrons. The van der Waals surface area contributed by atoms with Gasteiger partial charge in [0, 0.05) is 37.1 Å². The van der Waals surface area contributed by atoms with Crippen LogP contribution in [-0.2, 0) is 11.3 Å². The highest BCUT2D eigenvalue weighted by Gasteiger charge is 2.22. The molecule has 2 heterocycles. The normalized spacial score (nSPS) is 23.9. The van der Waals surface area contributed by atoms with E-state index in [0.29, 0.717) is 0 Å². The summed E-state index contributed by atoms with van der Waals surface area (Å²) in [5.74, 6) is 0. The molecule has 1 fully saturated rings. The van der Waals surface area contributed by atoms with Crippen LogP contribution in [0.2, 0.25) is 0 Å². The molecule has 0 amide bonds. The average molecular weight is 277 g/mol. The lowest BCUT2D eigenvalue weighted by atomic mass is 10.1. The molecule has 4 heteroatoms. The van der Waals surface area contributed by atoms with Crippen molar-refractivity contribution < 1.29 is 4.74 Å². The van der Waals surface area contributed by atoms with Gasteiger partial charge in [0.25, 0.3) is 0 Å². The maximum Gasteiger partial charge on any atom is 0.0726 e. The lowest BCUT2D eigenvalue weighted by Gasteiger charge is -2.37. The molecule has 0 saturated carbocycles. The summed E-state index contributed by atoms with van der Waals surface area (Å²) in [5.41, 5.74) is 2.44. The van der Waals surface area contributed by atoms with Crippen LogP contribution in [0.15, 0.2) is 18.3 Å². The van der Waals surface area contributed by atoms with Crippen molar-refractivity contribution in [2.45, 2.75) is 58.9 Å². The van der Waals surface area contributed by atoms with Gasteiger partial charge in [-0.15, -0.1) is 0 Å². The summed E-state index contributed by atoms with van der Waals surface area (Å²) in [6, 6.07) is 4.27. The predicted octanol–water partition coefficient (Wildman–Crippen LogP) is 2.58. The third kappa shape index (κ3) is 4.46. The Balaban J connectivity index is 2.05. The summed E-state index contributed by atoms with van der Waals surface area (Å²) in [4.78, 5) is 6.84. The Hall–Kier alpha value is -1.13. The number of hydrogen-bond acceptors (Lipinski definition) is 4. The third-order valence-electron chi connectivity index (χ3n) is 3.38. The van der Waals surface area contributed by atoms with E-state index >= 15 is 0 Å². The Labute approximate surface area is 122 Å². The molecule has 2 atom stereocenters. The van der Waals surface area contributed by atoms with Crippen molar-refractivity contribution in [1.82, 2.24) is 10.3 Å². The van der Waals surface area contributed by atoms with Gasteiger partial charge in [0.15, 0.2) is 0 Å². The van der Waals surface area contributed by atoms with Crippen molar-refractivity contribution in [2.75, 3.05) is 18.0 Å². The maximum atomic E-state index is 5.79. The molecular weight excluding hydrogens is 250 g/mol. The summed E-state index contributed by atoms with van der Waals surface area (Å²) in [6.45, 7) is 13.5. The van der Waals surface area contributed by atoms with E-state index in [2.05, 4.69) is 62.0 Å². The van der Waals surface area contributed by atoms with Gasteiger partial charge in [-0.2, -0.15) is 0 Å². The van der Waals surface area contributed by atoms with Gasteiger partial charge in [-0.3, -0.25) is 4.98 Å². The summed E-state index contributed by atoms with van der Waals surface area (Å²) in [5, 5.41) is 3.48.